The third kappa shape index (κ3) is 3.64. The summed E-state index contributed by atoms with van der Waals surface area (Å²) < 4.78 is 27.3. The van der Waals surface area contributed by atoms with Gasteiger partial charge in [0.05, 0.1) is 21.3 Å². The van der Waals surface area contributed by atoms with Gasteiger partial charge in [0.2, 0.25) is 0 Å². The largest absolute Gasteiger partial charge is 0.497 e. The lowest BCUT2D eigenvalue weighted by molar-refractivity contribution is -0.160. The van der Waals surface area contributed by atoms with Crippen LogP contribution in [-0.4, -0.2) is 38.5 Å². The van der Waals surface area contributed by atoms with Crippen molar-refractivity contribution in [2.75, 3.05) is 21.3 Å². The molecule has 0 fully saturated rings. The van der Waals surface area contributed by atoms with Gasteiger partial charge < -0.3 is 28.8 Å². The summed E-state index contributed by atoms with van der Waals surface area (Å²) in [6.07, 6.45) is -2.74. The van der Waals surface area contributed by atoms with E-state index in [1.54, 1.807) is 50.6 Å². The Labute approximate surface area is 157 Å². The zero-order chi connectivity index (χ0) is 19.6. The molecule has 0 radical (unpaired) electrons. The van der Waals surface area contributed by atoms with Crippen LogP contribution in [0, 0.1) is 0 Å². The van der Waals surface area contributed by atoms with Gasteiger partial charge in [0.25, 0.3) is 0 Å². The van der Waals surface area contributed by atoms with Crippen LogP contribution in [0.15, 0.2) is 36.4 Å². The second kappa shape index (κ2) is 7.75. The summed E-state index contributed by atoms with van der Waals surface area (Å²) in [5, 5.41) is 10.9. The van der Waals surface area contributed by atoms with E-state index in [-0.39, 0.29) is 0 Å². The highest BCUT2D eigenvalue weighted by Gasteiger charge is 2.40. The van der Waals surface area contributed by atoms with Gasteiger partial charge in [-0.3, -0.25) is 4.79 Å². The molecule has 2 aromatic rings. The smallest absolute Gasteiger partial charge is 0.303 e. The number of hydrogen-bond acceptors (Lipinski definition) is 7. The molecule has 2 aromatic carbocycles. The maximum Gasteiger partial charge on any atom is 0.303 e. The van der Waals surface area contributed by atoms with Crippen LogP contribution in [-0.2, 0) is 9.53 Å². The minimum atomic E-state index is -1.10. The van der Waals surface area contributed by atoms with Gasteiger partial charge in [-0.1, -0.05) is 6.07 Å². The number of rotatable bonds is 5. The van der Waals surface area contributed by atoms with Gasteiger partial charge in [0, 0.05) is 18.6 Å². The van der Waals surface area contributed by atoms with E-state index >= 15 is 0 Å². The third-order valence-electron chi connectivity index (χ3n) is 4.43. The van der Waals surface area contributed by atoms with Gasteiger partial charge >= 0.3 is 5.97 Å². The molecule has 7 nitrogen and oxygen atoms in total. The lowest BCUT2D eigenvalue weighted by Gasteiger charge is -2.36. The predicted octanol–water partition coefficient (Wildman–Crippen LogP) is 2.81. The van der Waals surface area contributed by atoms with E-state index in [0.29, 0.717) is 34.1 Å². The summed E-state index contributed by atoms with van der Waals surface area (Å²) in [7, 11) is 4.62. The van der Waals surface area contributed by atoms with Crippen molar-refractivity contribution in [3.63, 3.8) is 0 Å². The number of fused-ring (bicyclic) bond motifs is 1. The van der Waals surface area contributed by atoms with Crippen molar-refractivity contribution >= 4 is 5.97 Å². The molecule has 0 amide bonds. The molecular formula is C20H22O7. The minimum Gasteiger partial charge on any atom is -0.497 e. The van der Waals surface area contributed by atoms with E-state index in [1.165, 1.54) is 14.0 Å². The van der Waals surface area contributed by atoms with E-state index in [0.717, 1.165) is 0 Å². The molecule has 1 aliphatic heterocycles. The molecule has 0 bridgehead atoms. The van der Waals surface area contributed by atoms with E-state index in [2.05, 4.69) is 0 Å². The molecule has 144 valence electrons. The van der Waals surface area contributed by atoms with Crippen molar-refractivity contribution in [2.45, 2.75) is 25.2 Å². The summed E-state index contributed by atoms with van der Waals surface area (Å²) in [6, 6.07) is 10.4. The van der Waals surface area contributed by atoms with E-state index in [4.69, 9.17) is 23.7 Å². The molecule has 1 aliphatic rings. The number of carbonyl (C=O) groups excluding carboxylic acids is 1. The summed E-state index contributed by atoms with van der Waals surface area (Å²) in [5.74, 6) is 1.65. The summed E-state index contributed by atoms with van der Waals surface area (Å²) in [5.41, 5.74) is 1.24. The van der Waals surface area contributed by atoms with E-state index < -0.39 is 24.3 Å². The summed E-state index contributed by atoms with van der Waals surface area (Å²) in [4.78, 5) is 11.6. The fraction of sp³-hybridized carbons (Fsp3) is 0.350. The Morgan fingerprint density at radius 2 is 1.74 bits per heavy atom. The predicted molar refractivity (Wildman–Crippen MR) is 96.4 cm³/mol. The van der Waals surface area contributed by atoms with Crippen molar-refractivity contribution in [3.8, 4) is 23.0 Å². The van der Waals surface area contributed by atoms with Gasteiger partial charge in [-0.05, 0) is 29.8 Å². The number of carbonyl (C=O) groups is 1. The normalized spacial score (nSPS) is 20.9. The molecule has 1 N–H and O–H groups in total. The zero-order valence-corrected chi connectivity index (χ0v) is 15.6. The second-order valence-electron chi connectivity index (χ2n) is 6.08. The number of methoxy groups -OCH3 is 3. The highest BCUT2D eigenvalue weighted by atomic mass is 16.6. The lowest BCUT2D eigenvalue weighted by atomic mass is 9.91. The van der Waals surface area contributed by atoms with Crippen LogP contribution in [0.25, 0.3) is 0 Å². The van der Waals surface area contributed by atoms with Crippen molar-refractivity contribution in [1.29, 1.82) is 0 Å². The monoisotopic (exact) mass is 374 g/mol. The molecule has 0 aliphatic carbocycles. The Bertz CT molecular complexity index is 833. The number of aliphatic hydroxyl groups is 1. The third-order valence-corrected chi connectivity index (χ3v) is 4.43. The average Bonchev–Trinajstić information content (AvgIpc) is 2.68. The zero-order valence-electron chi connectivity index (χ0n) is 15.6. The van der Waals surface area contributed by atoms with Crippen LogP contribution in [0.1, 0.15) is 30.3 Å². The van der Waals surface area contributed by atoms with Crippen molar-refractivity contribution in [2.24, 2.45) is 0 Å². The molecule has 0 spiro atoms. The van der Waals surface area contributed by atoms with E-state index in [1.807, 2.05) is 0 Å². The SMILES string of the molecule is COc1ccc2c(c1)O[C@@H](c1ccc(OC)c(OC)c1)[C@H](O)[C@H]2OC(C)=O. The van der Waals surface area contributed by atoms with Crippen LogP contribution in [0.3, 0.4) is 0 Å². The van der Waals surface area contributed by atoms with Crippen LogP contribution >= 0.6 is 0 Å². The number of benzene rings is 2. The Morgan fingerprint density at radius 1 is 1.00 bits per heavy atom. The first-order valence-electron chi connectivity index (χ1n) is 8.40. The summed E-state index contributed by atoms with van der Waals surface area (Å²) in [6.45, 7) is 1.30. The molecule has 7 heteroatoms. The van der Waals surface area contributed by atoms with Gasteiger partial charge in [0.1, 0.15) is 17.6 Å². The average molecular weight is 374 g/mol. The minimum absolute atomic E-state index is 0.477. The molecule has 0 unspecified atom stereocenters. The second-order valence-corrected chi connectivity index (χ2v) is 6.08. The number of esters is 1. The topological polar surface area (TPSA) is 83.5 Å². The number of ether oxygens (including phenoxy) is 5. The van der Waals surface area contributed by atoms with Gasteiger partial charge in [0.15, 0.2) is 23.7 Å². The Kier molecular flexibility index (Phi) is 5.41. The van der Waals surface area contributed by atoms with E-state index in [9.17, 15) is 9.90 Å². The molecular weight excluding hydrogens is 352 g/mol. The maximum absolute atomic E-state index is 11.6. The number of hydrogen-bond donors (Lipinski definition) is 1. The molecule has 0 aromatic heterocycles. The lowest BCUT2D eigenvalue weighted by Crippen LogP contribution is -2.36. The first kappa shape index (κ1) is 18.8. The van der Waals surface area contributed by atoms with Crippen LogP contribution in [0.5, 0.6) is 23.0 Å². The Morgan fingerprint density at radius 3 is 2.37 bits per heavy atom. The highest BCUT2D eigenvalue weighted by Crippen LogP contribution is 2.45. The standard InChI is InChI=1S/C20H22O7/c1-11(21)26-20-14-7-6-13(23-2)10-16(14)27-19(18(20)22)12-5-8-15(24-3)17(9-12)25-4/h5-10,18-20,22H,1-4H3/t18-,19-,20-/m0/s1. The highest BCUT2D eigenvalue weighted by molar-refractivity contribution is 5.66. The Hall–Kier alpha value is -2.93. The first-order chi connectivity index (χ1) is 13.0. The molecule has 1 heterocycles. The first-order valence-corrected chi connectivity index (χ1v) is 8.40. The molecule has 27 heavy (non-hydrogen) atoms. The van der Waals surface area contributed by atoms with Crippen LogP contribution in [0.2, 0.25) is 0 Å². The Balaban J connectivity index is 2.05. The van der Waals surface area contributed by atoms with Gasteiger partial charge in [-0.2, -0.15) is 0 Å². The van der Waals surface area contributed by atoms with Crippen molar-refractivity contribution in [3.05, 3.63) is 47.5 Å². The van der Waals surface area contributed by atoms with Gasteiger partial charge in [-0.15, -0.1) is 0 Å². The fourth-order valence-corrected chi connectivity index (χ4v) is 3.14. The molecule has 3 rings (SSSR count). The van der Waals surface area contributed by atoms with Crippen LogP contribution < -0.4 is 18.9 Å². The van der Waals surface area contributed by atoms with Crippen molar-refractivity contribution < 1.29 is 33.6 Å². The molecule has 3 atom stereocenters. The number of aliphatic hydroxyl groups excluding tert-OH is 1. The summed E-state index contributed by atoms with van der Waals surface area (Å²) >= 11 is 0. The van der Waals surface area contributed by atoms with Crippen molar-refractivity contribution in [1.82, 2.24) is 0 Å². The quantitative estimate of drug-likeness (QED) is 0.806. The van der Waals surface area contributed by atoms with Gasteiger partial charge in [-0.25, -0.2) is 0 Å². The van der Waals surface area contributed by atoms with Crippen LogP contribution in [0.4, 0.5) is 0 Å². The maximum atomic E-state index is 11.6. The fourth-order valence-electron chi connectivity index (χ4n) is 3.14. The molecule has 0 saturated heterocycles. The molecule has 0 saturated carbocycles.